The van der Waals surface area contributed by atoms with E-state index in [1.165, 1.54) is 11.6 Å². The highest BCUT2D eigenvalue weighted by Gasteiger charge is 2.20. The number of hydrogen-bond donors (Lipinski definition) is 2. The molecule has 108 valence electrons. The van der Waals surface area contributed by atoms with Crippen molar-refractivity contribution in [3.8, 4) is 0 Å². The van der Waals surface area contributed by atoms with Crippen LogP contribution in [0.3, 0.4) is 0 Å². The van der Waals surface area contributed by atoms with Gasteiger partial charge in [-0.2, -0.15) is 0 Å². The Labute approximate surface area is 120 Å². The average molecular weight is 273 g/mol. The van der Waals surface area contributed by atoms with Gasteiger partial charge < -0.3 is 10.4 Å². The van der Waals surface area contributed by atoms with Gasteiger partial charge in [-0.1, -0.05) is 38.1 Å². The van der Waals surface area contributed by atoms with Gasteiger partial charge >= 0.3 is 5.97 Å². The molecular formula is C17H23NO2. The first-order valence-electron chi connectivity index (χ1n) is 7.33. The van der Waals surface area contributed by atoms with Crippen LogP contribution >= 0.6 is 0 Å². The molecule has 3 nitrogen and oxygen atoms in total. The maximum absolute atomic E-state index is 11.1. The molecule has 0 aromatic heterocycles. The van der Waals surface area contributed by atoms with Gasteiger partial charge in [-0.25, -0.2) is 4.79 Å². The van der Waals surface area contributed by atoms with E-state index >= 15 is 0 Å². The molecule has 1 saturated heterocycles. The molecule has 0 aliphatic carbocycles. The van der Waals surface area contributed by atoms with Gasteiger partial charge in [-0.3, -0.25) is 0 Å². The molecule has 1 heterocycles. The zero-order valence-electron chi connectivity index (χ0n) is 12.2. The lowest BCUT2D eigenvalue weighted by molar-refractivity contribution is -0.131. The SMILES string of the molecule is CC(C)c1ccc(/C(=C/C(=O)O)C2CCNCC2)cc1. The topological polar surface area (TPSA) is 49.3 Å². The second-order valence-electron chi connectivity index (χ2n) is 5.74. The van der Waals surface area contributed by atoms with Crippen molar-refractivity contribution in [1.82, 2.24) is 5.32 Å². The molecule has 20 heavy (non-hydrogen) atoms. The van der Waals surface area contributed by atoms with Crippen molar-refractivity contribution in [1.29, 1.82) is 0 Å². The van der Waals surface area contributed by atoms with E-state index in [0.29, 0.717) is 11.8 Å². The fourth-order valence-corrected chi connectivity index (χ4v) is 2.76. The number of rotatable bonds is 4. The van der Waals surface area contributed by atoms with E-state index in [-0.39, 0.29) is 0 Å². The van der Waals surface area contributed by atoms with Gasteiger partial charge in [0.05, 0.1) is 0 Å². The molecule has 0 amide bonds. The van der Waals surface area contributed by atoms with Gasteiger partial charge in [0.15, 0.2) is 0 Å². The number of carboxylic acid groups (broad SMARTS) is 1. The van der Waals surface area contributed by atoms with Crippen molar-refractivity contribution in [2.75, 3.05) is 13.1 Å². The van der Waals surface area contributed by atoms with Crippen LogP contribution in [-0.2, 0) is 4.79 Å². The molecule has 1 aliphatic heterocycles. The molecule has 0 bridgehead atoms. The third-order valence-electron chi connectivity index (χ3n) is 3.97. The molecule has 2 rings (SSSR count). The summed E-state index contributed by atoms with van der Waals surface area (Å²) in [5.41, 5.74) is 3.30. The minimum absolute atomic E-state index is 0.345. The molecule has 0 spiro atoms. The molecule has 1 aromatic rings. The van der Waals surface area contributed by atoms with E-state index in [4.69, 9.17) is 5.11 Å². The maximum Gasteiger partial charge on any atom is 0.328 e. The smallest absolute Gasteiger partial charge is 0.328 e. The number of carbonyl (C=O) groups is 1. The molecular weight excluding hydrogens is 250 g/mol. The molecule has 1 fully saturated rings. The summed E-state index contributed by atoms with van der Waals surface area (Å²) in [5.74, 6) is -0.0152. The van der Waals surface area contributed by atoms with Crippen LogP contribution in [0.4, 0.5) is 0 Å². The number of aliphatic carboxylic acids is 1. The van der Waals surface area contributed by atoms with Crippen LogP contribution in [0.2, 0.25) is 0 Å². The first-order chi connectivity index (χ1) is 9.58. The van der Waals surface area contributed by atoms with Crippen LogP contribution in [0, 0.1) is 5.92 Å². The van der Waals surface area contributed by atoms with E-state index in [1.807, 2.05) is 0 Å². The monoisotopic (exact) mass is 273 g/mol. The van der Waals surface area contributed by atoms with Gasteiger partial charge in [0, 0.05) is 6.08 Å². The van der Waals surface area contributed by atoms with Crippen molar-refractivity contribution >= 4 is 11.5 Å². The zero-order chi connectivity index (χ0) is 14.5. The average Bonchev–Trinajstić information content (AvgIpc) is 2.45. The van der Waals surface area contributed by atoms with E-state index in [9.17, 15) is 4.79 Å². The van der Waals surface area contributed by atoms with Crippen LogP contribution in [0.25, 0.3) is 5.57 Å². The Morgan fingerprint density at radius 3 is 2.35 bits per heavy atom. The second kappa shape index (κ2) is 6.71. The summed E-state index contributed by atoms with van der Waals surface area (Å²) in [6, 6.07) is 8.34. The van der Waals surface area contributed by atoms with Crippen molar-refractivity contribution in [2.24, 2.45) is 5.92 Å². The lowest BCUT2D eigenvalue weighted by Crippen LogP contribution is -2.28. The summed E-state index contributed by atoms with van der Waals surface area (Å²) in [4.78, 5) is 11.1. The number of carboxylic acids is 1. The largest absolute Gasteiger partial charge is 0.478 e. The second-order valence-corrected chi connectivity index (χ2v) is 5.74. The fraction of sp³-hybridized carbons (Fsp3) is 0.471. The lowest BCUT2D eigenvalue weighted by atomic mass is 9.85. The van der Waals surface area contributed by atoms with Gasteiger partial charge in [-0.05, 0) is 54.5 Å². The third-order valence-corrected chi connectivity index (χ3v) is 3.97. The minimum atomic E-state index is -0.855. The Morgan fingerprint density at radius 2 is 1.85 bits per heavy atom. The summed E-state index contributed by atoms with van der Waals surface area (Å²) in [6.07, 6.45) is 3.40. The van der Waals surface area contributed by atoms with Gasteiger partial charge in [0.2, 0.25) is 0 Å². The van der Waals surface area contributed by atoms with Gasteiger partial charge in [0.25, 0.3) is 0 Å². The molecule has 0 radical (unpaired) electrons. The van der Waals surface area contributed by atoms with E-state index in [1.54, 1.807) is 0 Å². The van der Waals surface area contributed by atoms with E-state index < -0.39 is 5.97 Å². The molecule has 1 aliphatic rings. The molecule has 2 N–H and O–H groups in total. The van der Waals surface area contributed by atoms with Gasteiger partial charge in [0.1, 0.15) is 0 Å². The molecule has 3 heteroatoms. The Balaban J connectivity index is 2.28. The number of nitrogens with one attached hydrogen (secondary N) is 1. The summed E-state index contributed by atoms with van der Waals surface area (Å²) in [5, 5.41) is 12.5. The first-order valence-corrected chi connectivity index (χ1v) is 7.33. The van der Waals surface area contributed by atoms with Crippen molar-refractivity contribution in [3.63, 3.8) is 0 Å². The van der Waals surface area contributed by atoms with Crippen molar-refractivity contribution in [3.05, 3.63) is 41.5 Å². The highest BCUT2D eigenvalue weighted by atomic mass is 16.4. The minimum Gasteiger partial charge on any atom is -0.478 e. The zero-order valence-corrected chi connectivity index (χ0v) is 12.2. The first kappa shape index (κ1) is 14.8. The lowest BCUT2D eigenvalue weighted by Gasteiger charge is -2.25. The Hall–Kier alpha value is -1.61. The number of hydrogen-bond acceptors (Lipinski definition) is 2. The van der Waals surface area contributed by atoms with E-state index in [2.05, 4.69) is 43.4 Å². The predicted octanol–water partition coefficient (Wildman–Crippen LogP) is 3.28. The summed E-state index contributed by atoms with van der Waals surface area (Å²) in [6.45, 7) is 6.25. The van der Waals surface area contributed by atoms with Crippen LogP contribution < -0.4 is 5.32 Å². The Kier molecular flexibility index (Phi) is 4.96. The van der Waals surface area contributed by atoms with Crippen molar-refractivity contribution < 1.29 is 9.90 Å². The molecule has 0 unspecified atom stereocenters. The standard InChI is InChI=1S/C17H23NO2/c1-12(2)13-3-5-14(6-4-13)16(11-17(19)20)15-7-9-18-10-8-15/h3-6,11-12,15,18H,7-10H2,1-2H3,(H,19,20)/b16-11-. The summed E-state index contributed by atoms with van der Waals surface area (Å²) >= 11 is 0. The molecule has 1 aromatic carbocycles. The Bertz CT molecular complexity index is 482. The third kappa shape index (κ3) is 3.70. The molecule has 0 atom stereocenters. The predicted molar refractivity (Wildman–Crippen MR) is 81.7 cm³/mol. The summed E-state index contributed by atoms with van der Waals surface area (Å²) in [7, 11) is 0. The highest BCUT2D eigenvalue weighted by Crippen LogP contribution is 2.30. The Morgan fingerprint density at radius 1 is 1.25 bits per heavy atom. The van der Waals surface area contributed by atoms with E-state index in [0.717, 1.165) is 37.1 Å². The highest BCUT2D eigenvalue weighted by molar-refractivity contribution is 5.90. The fourth-order valence-electron chi connectivity index (χ4n) is 2.76. The summed E-state index contributed by atoms with van der Waals surface area (Å²) < 4.78 is 0. The van der Waals surface area contributed by atoms with Crippen molar-refractivity contribution in [2.45, 2.75) is 32.6 Å². The quantitative estimate of drug-likeness (QED) is 0.828. The number of piperidine rings is 1. The van der Waals surface area contributed by atoms with Crippen LogP contribution in [-0.4, -0.2) is 24.2 Å². The number of allylic oxidation sites excluding steroid dienone is 1. The van der Waals surface area contributed by atoms with Gasteiger partial charge in [-0.15, -0.1) is 0 Å². The number of benzene rings is 1. The normalized spacial score (nSPS) is 17.4. The van der Waals surface area contributed by atoms with Crippen LogP contribution in [0.1, 0.15) is 43.7 Å². The van der Waals surface area contributed by atoms with Crippen LogP contribution in [0.15, 0.2) is 30.3 Å². The molecule has 0 saturated carbocycles. The maximum atomic E-state index is 11.1. The van der Waals surface area contributed by atoms with Crippen LogP contribution in [0.5, 0.6) is 0 Å².